The quantitative estimate of drug-likeness (QED) is 0.187. The van der Waals surface area contributed by atoms with Crippen molar-refractivity contribution in [2.75, 3.05) is 0 Å². The van der Waals surface area contributed by atoms with Gasteiger partial charge < -0.3 is 0 Å². The number of rotatable bonds is 5. The van der Waals surface area contributed by atoms with Gasteiger partial charge in [-0.05, 0) is 60.5 Å². The fourth-order valence-electron chi connectivity index (χ4n) is 6.50. The summed E-state index contributed by atoms with van der Waals surface area (Å²) in [5.74, 6) is 0.696. The molecule has 5 aromatic rings. The standard InChI is InChI=1S/C44H34/c1-32(28-29-33-16-5-4-6-17-33)35-30-31-44(39-24-12-11-23-37(35)39)43-22-8-3-2-7-21-40(41-25-13-14-26-42(41)43)38-27-15-19-34-18-9-10-20-36(34)38/h2-31,34,36H,1H2. The molecule has 5 aromatic carbocycles. The smallest absolute Gasteiger partial charge is 0.0125 e. The van der Waals surface area contributed by atoms with Crippen LogP contribution in [0.1, 0.15) is 16.7 Å². The molecule has 2 unspecified atom stereocenters. The molecule has 0 heteroatoms. The SMILES string of the molecule is C=C(C=Cc1ccccc1)c1ccc(-c2ccccccc(C3=CC=CC4C=CC=CC34)c3ccccc23)c2ccccc12. The molecule has 2 aliphatic carbocycles. The molecule has 0 saturated heterocycles. The van der Waals surface area contributed by atoms with E-state index in [9.17, 15) is 0 Å². The van der Waals surface area contributed by atoms with Crippen molar-refractivity contribution in [2.24, 2.45) is 11.8 Å². The highest BCUT2D eigenvalue weighted by Crippen LogP contribution is 2.41. The molecule has 0 radical (unpaired) electrons. The van der Waals surface area contributed by atoms with Crippen LogP contribution in [-0.2, 0) is 0 Å². The first-order valence-corrected chi connectivity index (χ1v) is 15.3. The summed E-state index contributed by atoms with van der Waals surface area (Å²) in [6, 6.07) is 45.6. The van der Waals surface area contributed by atoms with Crippen molar-refractivity contribution in [3.8, 4) is 11.1 Å². The van der Waals surface area contributed by atoms with E-state index in [0.29, 0.717) is 11.8 Å². The second-order valence-electron chi connectivity index (χ2n) is 11.3. The molecule has 210 valence electrons. The van der Waals surface area contributed by atoms with E-state index < -0.39 is 0 Å². The summed E-state index contributed by atoms with van der Waals surface area (Å²) in [5, 5.41) is 4.88. The minimum atomic E-state index is 0.318. The summed E-state index contributed by atoms with van der Waals surface area (Å²) in [4.78, 5) is 0. The second-order valence-corrected chi connectivity index (χ2v) is 11.3. The van der Waals surface area contributed by atoms with Crippen LogP contribution in [0.3, 0.4) is 0 Å². The van der Waals surface area contributed by atoms with Gasteiger partial charge in [0.2, 0.25) is 0 Å². The molecule has 7 rings (SSSR count). The Labute approximate surface area is 260 Å². The Balaban J connectivity index is 1.43. The van der Waals surface area contributed by atoms with Gasteiger partial charge in [0.15, 0.2) is 0 Å². The van der Waals surface area contributed by atoms with E-state index in [-0.39, 0.29) is 0 Å². The molecule has 0 amide bonds. The zero-order chi connectivity index (χ0) is 29.7. The van der Waals surface area contributed by atoms with Gasteiger partial charge in [-0.15, -0.1) is 0 Å². The van der Waals surface area contributed by atoms with Gasteiger partial charge in [0, 0.05) is 11.8 Å². The highest BCUT2D eigenvalue weighted by atomic mass is 14.3. The normalized spacial score (nSPS) is 17.0. The molecule has 0 aliphatic heterocycles. The Morgan fingerprint density at radius 1 is 0.500 bits per heavy atom. The zero-order valence-corrected chi connectivity index (χ0v) is 24.7. The van der Waals surface area contributed by atoms with Crippen LogP contribution in [0.5, 0.6) is 0 Å². The van der Waals surface area contributed by atoms with E-state index in [4.69, 9.17) is 0 Å². The van der Waals surface area contributed by atoms with Crippen LogP contribution in [0, 0.1) is 11.8 Å². The van der Waals surface area contributed by atoms with Crippen molar-refractivity contribution in [1.29, 1.82) is 0 Å². The van der Waals surface area contributed by atoms with Gasteiger partial charge in [-0.2, -0.15) is 0 Å². The van der Waals surface area contributed by atoms with Crippen LogP contribution in [0.2, 0.25) is 0 Å². The largest absolute Gasteiger partial charge is 0.0911 e. The van der Waals surface area contributed by atoms with Gasteiger partial charge in [0.1, 0.15) is 0 Å². The topological polar surface area (TPSA) is 0 Å². The van der Waals surface area contributed by atoms with E-state index in [1.807, 2.05) is 6.07 Å². The maximum absolute atomic E-state index is 4.46. The minimum Gasteiger partial charge on any atom is -0.0911 e. The molecule has 2 atom stereocenters. The summed E-state index contributed by atoms with van der Waals surface area (Å²) in [5.41, 5.74) is 8.32. The zero-order valence-electron chi connectivity index (χ0n) is 24.7. The molecule has 2 aliphatic rings. The van der Waals surface area contributed by atoms with E-state index in [1.54, 1.807) is 0 Å². The van der Waals surface area contributed by atoms with Crippen molar-refractivity contribution in [1.82, 2.24) is 0 Å². The Kier molecular flexibility index (Phi) is 7.72. The lowest BCUT2D eigenvalue weighted by Gasteiger charge is -2.27. The summed E-state index contributed by atoms with van der Waals surface area (Å²) < 4.78 is 0. The minimum absolute atomic E-state index is 0.318. The molecule has 44 heavy (non-hydrogen) atoms. The van der Waals surface area contributed by atoms with Gasteiger partial charge in [0.05, 0.1) is 0 Å². The summed E-state index contributed by atoms with van der Waals surface area (Å²) >= 11 is 0. The number of hydrogen-bond donors (Lipinski definition) is 0. The van der Waals surface area contributed by atoms with Crippen molar-refractivity contribution in [2.45, 2.75) is 0 Å². The molecule has 0 nitrogen and oxygen atoms in total. The van der Waals surface area contributed by atoms with Crippen molar-refractivity contribution >= 4 is 38.8 Å². The van der Waals surface area contributed by atoms with E-state index in [0.717, 1.165) is 16.7 Å². The average molecular weight is 563 g/mol. The van der Waals surface area contributed by atoms with Gasteiger partial charge >= 0.3 is 0 Å². The molecule has 0 heterocycles. The highest BCUT2D eigenvalue weighted by Gasteiger charge is 2.24. The lowest BCUT2D eigenvalue weighted by Crippen LogP contribution is -2.15. The van der Waals surface area contributed by atoms with Crippen LogP contribution >= 0.6 is 0 Å². The first kappa shape index (κ1) is 27.4. The molecule has 0 saturated carbocycles. The lowest BCUT2D eigenvalue weighted by molar-refractivity contribution is 0.678. The Morgan fingerprint density at radius 3 is 1.82 bits per heavy atom. The third-order valence-corrected chi connectivity index (χ3v) is 8.66. The van der Waals surface area contributed by atoms with Gasteiger partial charge in [-0.1, -0.05) is 189 Å². The molecule has 0 N–H and O–H groups in total. The lowest BCUT2D eigenvalue weighted by atomic mass is 9.76. The first-order valence-electron chi connectivity index (χ1n) is 15.3. The average Bonchev–Trinajstić information content (AvgIpc) is 3.09. The molecular weight excluding hydrogens is 528 g/mol. The molecule has 0 spiro atoms. The number of benzene rings is 4. The maximum atomic E-state index is 4.46. The number of fused-ring (bicyclic) bond motifs is 3. The van der Waals surface area contributed by atoms with Crippen LogP contribution in [-0.4, -0.2) is 0 Å². The van der Waals surface area contributed by atoms with Crippen molar-refractivity contribution in [3.63, 3.8) is 0 Å². The monoisotopic (exact) mass is 562 g/mol. The predicted octanol–water partition coefficient (Wildman–Crippen LogP) is 11.8. The molecule has 0 aromatic heterocycles. The van der Waals surface area contributed by atoms with Crippen LogP contribution in [0.15, 0.2) is 183 Å². The highest BCUT2D eigenvalue weighted by molar-refractivity contribution is 6.10. The van der Waals surface area contributed by atoms with Crippen molar-refractivity contribution < 1.29 is 0 Å². The molecule has 0 fully saturated rings. The fraction of sp³-hybridized carbons (Fsp3) is 0.0455. The molecule has 0 bridgehead atoms. The van der Waals surface area contributed by atoms with Crippen LogP contribution in [0.25, 0.3) is 49.9 Å². The Bertz CT molecular complexity index is 2080. The van der Waals surface area contributed by atoms with Gasteiger partial charge in [0.25, 0.3) is 0 Å². The van der Waals surface area contributed by atoms with E-state index >= 15 is 0 Å². The van der Waals surface area contributed by atoms with E-state index in [1.165, 1.54) is 43.8 Å². The van der Waals surface area contributed by atoms with Crippen molar-refractivity contribution in [3.05, 3.63) is 199 Å². The number of hydrogen-bond acceptors (Lipinski definition) is 0. The summed E-state index contributed by atoms with van der Waals surface area (Å²) in [6.07, 6.45) is 20.1. The van der Waals surface area contributed by atoms with Crippen LogP contribution in [0.4, 0.5) is 0 Å². The van der Waals surface area contributed by atoms with Gasteiger partial charge in [-0.25, -0.2) is 0 Å². The molecular formula is C44H34. The third-order valence-electron chi connectivity index (χ3n) is 8.66. The number of allylic oxidation sites excluding steroid dienone is 10. The summed E-state index contributed by atoms with van der Waals surface area (Å²) in [6.45, 7) is 4.46. The predicted molar refractivity (Wildman–Crippen MR) is 191 cm³/mol. The van der Waals surface area contributed by atoms with Gasteiger partial charge in [-0.3, -0.25) is 0 Å². The van der Waals surface area contributed by atoms with E-state index in [2.05, 4.69) is 183 Å². The fourth-order valence-corrected chi connectivity index (χ4v) is 6.50. The summed E-state index contributed by atoms with van der Waals surface area (Å²) in [7, 11) is 0. The first-order chi connectivity index (χ1) is 21.8. The van der Waals surface area contributed by atoms with Crippen LogP contribution < -0.4 is 0 Å². The third kappa shape index (κ3) is 5.39. The Morgan fingerprint density at radius 2 is 1.05 bits per heavy atom. The maximum Gasteiger partial charge on any atom is 0.0125 e. The second kappa shape index (κ2) is 12.4. The Hall–Kier alpha value is -5.46.